The van der Waals surface area contributed by atoms with Gasteiger partial charge in [-0.25, -0.2) is 12.8 Å². The lowest BCUT2D eigenvalue weighted by Crippen LogP contribution is -2.43. The second-order valence-corrected chi connectivity index (χ2v) is 9.82. The number of rotatable bonds is 5. The molecule has 1 aliphatic rings. The molecule has 8 nitrogen and oxygen atoms in total. The van der Waals surface area contributed by atoms with Gasteiger partial charge in [-0.3, -0.25) is 18.9 Å². The topological polar surface area (TPSA) is 97.7 Å². The second kappa shape index (κ2) is 8.40. The van der Waals surface area contributed by atoms with Gasteiger partial charge in [0.05, 0.1) is 34.0 Å². The highest BCUT2D eigenvalue weighted by Gasteiger charge is 2.21. The lowest BCUT2D eigenvalue weighted by molar-refractivity contribution is -0.135. The van der Waals surface area contributed by atoms with Crippen LogP contribution < -0.4 is 9.60 Å². The number of fused-ring (bicyclic) bond motifs is 1. The third-order valence-electron chi connectivity index (χ3n) is 5.03. The second-order valence-electron chi connectivity index (χ2n) is 7.15. The Balaban J connectivity index is 1.60. The molecule has 0 atom stereocenters. The number of thiazole rings is 1. The molecule has 0 bridgehead atoms. The van der Waals surface area contributed by atoms with E-state index < -0.39 is 15.8 Å². The third kappa shape index (κ3) is 4.48. The quantitative estimate of drug-likeness (QED) is 0.623. The van der Waals surface area contributed by atoms with Crippen molar-refractivity contribution in [3.63, 3.8) is 0 Å². The lowest BCUT2D eigenvalue weighted by atomic mass is 10.2. The molecule has 0 aliphatic carbocycles. The molecule has 0 spiro atoms. The number of halogens is 1. The summed E-state index contributed by atoms with van der Waals surface area (Å²) in [7, 11) is -3.99. The number of hydrogen-bond acceptors (Lipinski definition) is 6. The van der Waals surface area contributed by atoms with Crippen molar-refractivity contribution in [1.82, 2.24) is 9.47 Å². The van der Waals surface area contributed by atoms with Crippen LogP contribution in [-0.2, 0) is 26.1 Å². The first-order chi connectivity index (χ1) is 14.7. The molecule has 0 radical (unpaired) electrons. The van der Waals surface area contributed by atoms with E-state index in [0.29, 0.717) is 42.1 Å². The van der Waals surface area contributed by atoms with Crippen LogP contribution in [0.5, 0.6) is 0 Å². The van der Waals surface area contributed by atoms with Crippen LogP contribution >= 0.6 is 11.3 Å². The molecule has 1 amide bonds. The van der Waals surface area contributed by atoms with Crippen molar-refractivity contribution < 1.29 is 22.3 Å². The summed E-state index contributed by atoms with van der Waals surface area (Å²) in [5, 5.41) is 0. The van der Waals surface area contributed by atoms with Gasteiger partial charge in [0.25, 0.3) is 10.0 Å². The van der Waals surface area contributed by atoms with Gasteiger partial charge in [0.15, 0.2) is 0 Å². The number of ether oxygens (including phenoxy) is 1. The van der Waals surface area contributed by atoms with Crippen LogP contribution in [0.25, 0.3) is 10.2 Å². The number of carbonyl (C=O) groups excluding carboxylic acids is 1. The number of aryl methyl sites for hydroxylation is 1. The predicted octanol–water partition coefficient (Wildman–Crippen LogP) is 2.17. The van der Waals surface area contributed by atoms with E-state index in [1.165, 1.54) is 34.9 Å². The SMILES string of the molecule is Cc1ccc(NS(=O)(=O)c2ccc3c(c2)sc(=O)n3CC(=O)N2CCOCC2)cc1F. The number of morpholine rings is 1. The average molecular weight is 466 g/mol. The third-order valence-corrected chi connectivity index (χ3v) is 7.35. The summed E-state index contributed by atoms with van der Waals surface area (Å²) >= 11 is 0.868. The van der Waals surface area contributed by atoms with Crippen molar-refractivity contribution in [2.45, 2.75) is 18.4 Å². The van der Waals surface area contributed by atoms with Crippen molar-refractivity contribution in [1.29, 1.82) is 0 Å². The van der Waals surface area contributed by atoms with Crippen LogP contribution in [0.1, 0.15) is 5.56 Å². The first-order valence-electron chi connectivity index (χ1n) is 9.52. The Bertz CT molecular complexity index is 1310. The van der Waals surface area contributed by atoms with E-state index in [1.54, 1.807) is 11.8 Å². The minimum Gasteiger partial charge on any atom is -0.378 e. The van der Waals surface area contributed by atoms with Crippen molar-refractivity contribution in [3.8, 4) is 0 Å². The highest BCUT2D eigenvalue weighted by Crippen LogP contribution is 2.24. The smallest absolute Gasteiger partial charge is 0.308 e. The van der Waals surface area contributed by atoms with Gasteiger partial charge in [0, 0.05) is 13.1 Å². The number of carbonyl (C=O) groups is 1. The molecule has 164 valence electrons. The Morgan fingerprint density at radius 3 is 2.65 bits per heavy atom. The highest BCUT2D eigenvalue weighted by atomic mass is 32.2. The number of aromatic nitrogens is 1. The molecule has 1 aromatic heterocycles. The fraction of sp³-hybridized carbons (Fsp3) is 0.300. The van der Waals surface area contributed by atoms with Crippen molar-refractivity contribution >= 4 is 43.2 Å². The van der Waals surface area contributed by atoms with E-state index in [9.17, 15) is 22.4 Å². The maximum absolute atomic E-state index is 13.7. The standard InChI is InChI=1S/C20H20FN3O5S2/c1-13-2-3-14(10-16(13)21)22-31(27,28)15-4-5-17-18(11-15)30-20(26)24(17)12-19(25)23-6-8-29-9-7-23/h2-5,10-11,22H,6-9,12H2,1H3. The van der Waals surface area contributed by atoms with Gasteiger partial charge in [-0.2, -0.15) is 0 Å². The zero-order valence-electron chi connectivity index (χ0n) is 16.6. The number of hydrogen-bond donors (Lipinski definition) is 1. The van der Waals surface area contributed by atoms with E-state index in [1.807, 2.05) is 0 Å². The lowest BCUT2D eigenvalue weighted by Gasteiger charge is -2.26. The fourth-order valence-electron chi connectivity index (χ4n) is 3.28. The number of sulfonamides is 1. The van der Waals surface area contributed by atoms with Crippen molar-refractivity contribution in [3.05, 3.63) is 57.4 Å². The summed E-state index contributed by atoms with van der Waals surface area (Å²) in [6.45, 7) is 3.34. The van der Waals surface area contributed by atoms with Crippen molar-refractivity contribution in [2.24, 2.45) is 0 Å². The first kappa shape index (κ1) is 21.5. The highest BCUT2D eigenvalue weighted by molar-refractivity contribution is 7.92. The maximum Gasteiger partial charge on any atom is 0.308 e. The molecular formula is C20H20FN3O5S2. The summed E-state index contributed by atoms with van der Waals surface area (Å²) in [6, 6.07) is 8.30. The molecule has 1 saturated heterocycles. The van der Waals surface area contributed by atoms with E-state index in [4.69, 9.17) is 4.74 Å². The van der Waals surface area contributed by atoms with E-state index in [2.05, 4.69) is 4.72 Å². The molecule has 2 aromatic carbocycles. The summed E-state index contributed by atoms with van der Waals surface area (Å²) in [5.74, 6) is -0.708. The van der Waals surface area contributed by atoms with Gasteiger partial charge in [-0.1, -0.05) is 17.4 Å². The Hall–Kier alpha value is -2.76. The molecule has 1 fully saturated rings. The predicted molar refractivity (Wildman–Crippen MR) is 115 cm³/mol. The zero-order chi connectivity index (χ0) is 22.2. The molecule has 0 saturated carbocycles. The Labute approximate surface area is 181 Å². The van der Waals surface area contributed by atoms with Gasteiger partial charge < -0.3 is 9.64 Å². The van der Waals surface area contributed by atoms with Gasteiger partial charge in [-0.05, 0) is 42.8 Å². The minimum absolute atomic E-state index is 0.0612. The number of nitrogens with zero attached hydrogens (tertiary/aromatic N) is 2. The molecule has 2 heterocycles. The fourth-order valence-corrected chi connectivity index (χ4v) is 5.36. The van der Waals surface area contributed by atoms with E-state index >= 15 is 0 Å². The van der Waals surface area contributed by atoms with Gasteiger partial charge >= 0.3 is 4.87 Å². The normalized spacial score (nSPS) is 14.7. The van der Waals surface area contributed by atoms with Crippen LogP contribution in [0.15, 0.2) is 46.1 Å². The molecule has 1 N–H and O–H groups in total. The minimum atomic E-state index is -3.99. The molecule has 3 aromatic rings. The molecule has 1 aliphatic heterocycles. The van der Waals surface area contributed by atoms with Gasteiger partial charge in [0.1, 0.15) is 12.4 Å². The van der Waals surface area contributed by atoms with Gasteiger partial charge in [0.2, 0.25) is 5.91 Å². The summed E-state index contributed by atoms with van der Waals surface area (Å²) < 4.78 is 48.6. The average Bonchev–Trinajstić information content (AvgIpc) is 3.05. The Morgan fingerprint density at radius 2 is 1.94 bits per heavy atom. The first-order valence-corrected chi connectivity index (χ1v) is 11.8. The summed E-state index contributed by atoms with van der Waals surface area (Å²) in [4.78, 5) is 26.2. The van der Waals surface area contributed by atoms with Gasteiger partial charge in [-0.15, -0.1) is 0 Å². The molecule has 11 heteroatoms. The number of benzene rings is 2. The largest absolute Gasteiger partial charge is 0.378 e. The number of anilines is 1. The zero-order valence-corrected chi connectivity index (χ0v) is 18.3. The maximum atomic E-state index is 13.7. The van der Waals surface area contributed by atoms with Crippen LogP contribution in [0.2, 0.25) is 0 Å². The monoisotopic (exact) mass is 465 g/mol. The Kier molecular flexibility index (Phi) is 5.82. The van der Waals surface area contributed by atoms with Crippen LogP contribution in [0, 0.1) is 12.7 Å². The van der Waals surface area contributed by atoms with Crippen LogP contribution in [-0.4, -0.2) is 50.1 Å². The van der Waals surface area contributed by atoms with E-state index in [0.717, 1.165) is 17.4 Å². The summed E-state index contributed by atoms with van der Waals surface area (Å²) in [5.41, 5.74) is 0.990. The van der Waals surface area contributed by atoms with E-state index in [-0.39, 0.29) is 27.9 Å². The van der Waals surface area contributed by atoms with Crippen molar-refractivity contribution in [2.75, 3.05) is 31.0 Å². The molecule has 4 rings (SSSR count). The van der Waals surface area contributed by atoms with Crippen LogP contribution in [0.3, 0.4) is 0 Å². The summed E-state index contributed by atoms with van der Waals surface area (Å²) in [6.07, 6.45) is 0. The molecular weight excluding hydrogens is 445 g/mol. The number of nitrogens with one attached hydrogen (secondary N) is 1. The van der Waals surface area contributed by atoms with Crippen LogP contribution in [0.4, 0.5) is 10.1 Å². The molecule has 31 heavy (non-hydrogen) atoms. The number of amides is 1. The molecule has 0 unspecified atom stereocenters. The Morgan fingerprint density at radius 1 is 1.19 bits per heavy atom.